The van der Waals surface area contributed by atoms with Crippen LogP contribution < -0.4 is 10.6 Å². The number of anilines is 1. The number of benzene rings is 1. The Hall–Kier alpha value is -3.25. The summed E-state index contributed by atoms with van der Waals surface area (Å²) in [6, 6.07) is 9.11. The van der Waals surface area contributed by atoms with E-state index in [1.807, 2.05) is 41.4 Å². The van der Waals surface area contributed by atoms with E-state index in [-0.39, 0.29) is 23.4 Å². The zero-order valence-corrected chi connectivity index (χ0v) is 25.5. The summed E-state index contributed by atoms with van der Waals surface area (Å²) in [4.78, 5) is 17.8. The number of imidazole rings is 1. The van der Waals surface area contributed by atoms with Crippen LogP contribution >= 0.6 is 0 Å². The first-order valence-corrected chi connectivity index (χ1v) is 14.9. The Kier molecular flexibility index (Phi) is 9.29. The Morgan fingerprint density at radius 1 is 1.07 bits per heavy atom. The molecular weight excluding hydrogens is 496 g/mol. The lowest BCUT2D eigenvalue weighted by atomic mass is 9.94. The fourth-order valence-electron chi connectivity index (χ4n) is 5.33. The minimum Gasteiger partial charge on any atom is -0.368 e. The monoisotopic (exact) mass is 544 g/mol. The van der Waals surface area contributed by atoms with E-state index in [9.17, 15) is 4.79 Å². The summed E-state index contributed by atoms with van der Waals surface area (Å²) < 4.78 is 9.84. The maximum Gasteiger partial charge on any atom is 0.332 e. The zero-order valence-electron chi connectivity index (χ0n) is 25.5. The normalized spacial score (nSPS) is 19.1. The van der Waals surface area contributed by atoms with Crippen LogP contribution in [0, 0.1) is 11.8 Å². The minimum absolute atomic E-state index is 0.00602. The molecule has 4 rings (SSSR count). The largest absolute Gasteiger partial charge is 0.368 e. The molecule has 0 saturated carbocycles. The first kappa shape index (κ1) is 29.7. The highest BCUT2D eigenvalue weighted by molar-refractivity contribution is 5.83. The van der Waals surface area contributed by atoms with Gasteiger partial charge in [-0.3, -0.25) is 9.13 Å². The Balaban J connectivity index is 1.34. The van der Waals surface area contributed by atoms with E-state index >= 15 is 0 Å². The first-order valence-electron chi connectivity index (χ1n) is 14.9. The highest BCUT2D eigenvalue weighted by Gasteiger charge is 2.35. The summed E-state index contributed by atoms with van der Waals surface area (Å²) >= 11 is 0. The smallest absolute Gasteiger partial charge is 0.332 e. The summed E-state index contributed by atoms with van der Waals surface area (Å²) in [7, 11) is 0. The van der Waals surface area contributed by atoms with Crippen molar-refractivity contribution < 1.29 is 4.74 Å². The molecule has 2 aromatic rings. The maximum absolute atomic E-state index is 13.0. The molecule has 216 valence electrons. The molecule has 1 aromatic carbocycles. The van der Waals surface area contributed by atoms with Gasteiger partial charge < -0.3 is 14.5 Å². The van der Waals surface area contributed by atoms with E-state index in [1.54, 1.807) is 4.57 Å². The lowest BCUT2D eigenvalue weighted by Crippen LogP contribution is -2.45. The van der Waals surface area contributed by atoms with Gasteiger partial charge in [-0.05, 0) is 73.6 Å². The summed E-state index contributed by atoms with van der Waals surface area (Å²) in [5.74, 6) is 0.874. The molecule has 1 aliphatic heterocycles. The van der Waals surface area contributed by atoms with Crippen LogP contribution in [0.15, 0.2) is 78.0 Å². The second-order valence-electron chi connectivity index (χ2n) is 12.2. The van der Waals surface area contributed by atoms with E-state index in [2.05, 4.69) is 95.2 Å². The Morgan fingerprint density at radius 2 is 1.75 bits per heavy atom. The second-order valence-corrected chi connectivity index (χ2v) is 12.2. The molecule has 1 fully saturated rings. The fourth-order valence-corrected chi connectivity index (χ4v) is 5.33. The van der Waals surface area contributed by atoms with E-state index < -0.39 is 0 Å². The second kappa shape index (κ2) is 12.5. The van der Waals surface area contributed by atoms with Crippen molar-refractivity contribution in [2.45, 2.75) is 72.6 Å². The van der Waals surface area contributed by atoms with Crippen LogP contribution in [0.1, 0.15) is 66.5 Å². The Bertz CT molecular complexity index is 1300. The lowest BCUT2D eigenvalue weighted by Gasteiger charge is -2.38. The third-order valence-corrected chi connectivity index (χ3v) is 8.63. The van der Waals surface area contributed by atoms with Crippen LogP contribution in [0.4, 0.5) is 5.69 Å². The third kappa shape index (κ3) is 6.72. The Labute approximate surface area is 240 Å². The van der Waals surface area contributed by atoms with Crippen molar-refractivity contribution >= 4 is 17.5 Å². The van der Waals surface area contributed by atoms with Gasteiger partial charge in [0.2, 0.25) is 0 Å². The summed E-state index contributed by atoms with van der Waals surface area (Å²) in [6.45, 7) is 22.8. The molecule has 0 radical (unpaired) electrons. The topological polar surface area (TPSA) is 42.6 Å². The van der Waals surface area contributed by atoms with Gasteiger partial charge in [-0.1, -0.05) is 59.4 Å². The lowest BCUT2D eigenvalue weighted by molar-refractivity contribution is -0.0502. The van der Waals surface area contributed by atoms with Crippen molar-refractivity contribution in [2.24, 2.45) is 11.8 Å². The van der Waals surface area contributed by atoms with Crippen LogP contribution in [-0.4, -0.2) is 51.9 Å². The number of allylic oxidation sites excluding steroid dienone is 3. The van der Waals surface area contributed by atoms with Crippen molar-refractivity contribution in [3.63, 3.8) is 0 Å². The molecule has 40 heavy (non-hydrogen) atoms. The van der Waals surface area contributed by atoms with Gasteiger partial charge in [0, 0.05) is 62.2 Å². The van der Waals surface area contributed by atoms with E-state index in [4.69, 9.17) is 4.74 Å². The van der Waals surface area contributed by atoms with Crippen molar-refractivity contribution in [3.05, 3.63) is 89.3 Å². The predicted octanol–water partition coefficient (Wildman–Crippen LogP) is 6.84. The van der Waals surface area contributed by atoms with Crippen molar-refractivity contribution in [1.82, 2.24) is 14.0 Å². The maximum atomic E-state index is 13.0. The van der Waals surface area contributed by atoms with Gasteiger partial charge in [0.1, 0.15) is 6.10 Å². The van der Waals surface area contributed by atoms with Gasteiger partial charge in [0.25, 0.3) is 0 Å². The zero-order chi connectivity index (χ0) is 29.0. The summed E-state index contributed by atoms with van der Waals surface area (Å²) in [5.41, 5.74) is 4.72. The Morgan fingerprint density at radius 3 is 2.33 bits per heavy atom. The third-order valence-electron chi connectivity index (χ3n) is 8.63. The molecule has 0 amide bonds. The van der Waals surface area contributed by atoms with E-state index in [1.165, 1.54) is 16.8 Å². The van der Waals surface area contributed by atoms with Crippen molar-refractivity contribution in [3.8, 4) is 0 Å². The van der Waals surface area contributed by atoms with Crippen LogP contribution in [-0.2, 0) is 4.74 Å². The van der Waals surface area contributed by atoms with Crippen molar-refractivity contribution in [2.75, 3.05) is 31.1 Å². The number of rotatable bonds is 12. The average molecular weight is 545 g/mol. The molecule has 2 heterocycles. The number of hydrogen-bond acceptors (Lipinski definition) is 4. The molecular formula is C34H48N4O2. The molecule has 1 aliphatic carbocycles. The van der Waals surface area contributed by atoms with Gasteiger partial charge in [-0.25, -0.2) is 4.79 Å². The molecule has 1 aromatic heterocycles. The number of hydrogen-bond donors (Lipinski definition) is 0. The minimum atomic E-state index is -0.135. The molecule has 2 unspecified atom stereocenters. The highest BCUT2D eigenvalue weighted by atomic mass is 16.5. The van der Waals surface area contributed by atoms with E-state index in [0.29, 0.717) is 11.8 Å². The van der Waals surface area contributed by atoms with Gasteiger partial charge in [-0.15, -0.1) is 0 Å². The molecule has 1 saturated heterocycles. The molecule has 0 N–H and O–H groups in total. The summed E-state index contributed by atoms with van der Waals surface area (Å²) in [5, 5.41) is 0. The first-order chi connectivity index (χ1) is 19.1. The molecule has 6 nitrogen and oxygen atoms in total. The number of nitrogens with zero attached hydrogens (tertiary/aromatic N) is 4. The van der Waals surface area contributed by atoms with Crippen LogP contribution in [0.2, 0.25) is 0 Å². The predicted molar refractivity (Wildman–Crippen MR) is 168 cm³/mol. The molecule has 2 atom stereocenters. The summed E-state index contributed by atoms with van der Waals surface area (Å²) in [6.07, 6.45) is 14.8. The fraction of sp³-hybridized carbons (Fsp3) is 0.500. The molecule has 0 bridgehead atoms. The quantitative estimate of drug-likeness (QED) is 0.275. The van der Waals surface area contributed by atoms with Gasteiger partial charge in [0.05, 0.1) is 5.60 Å². The standard InChI is InChI=1S/C34H48N4O2/c1-9-11-28(16-17-37-22-23-38(33(37)39)31(10-2)25(3)4)35-18-20-36(21-19-35)29-14-12-27(13-15-29)30-24-32(30)40-34(7,8)26(5)6/h9,11-17,22-26,31-32H,1,10,18-21H2,2-8H3/b17-16-,28-11+. The average Bonchev–Trinajstić information content (AvgIpc) is 3.60. The van der Waals surface area contributed by atoms with Gasteiger partial charge in [-0.2, -0.15) is 0 Å². The van der Waals surface area contributed by atoms with Crippen molar-refractivity contribution in [1.29, 1.82) is 0 Å². The van der Waals surface area contributed by atoms with Gasteiger partial charge >= 0.3 is 5.69 Å². The van der Waals surface area contributed by atoms with Crippen LogP contribution in [0.3, 0.4) is 0 Å². The highest BCUT2D eigenvalue weighted by Crippen LogP contribution is 2.39. The van der Waals surface area contributed by atoms with Crippen LogP contribution in [0.25, 0.3) is 11.8 Å². The van der Waals surface area contributed by atoms with E-state index in [0.717, 1.165) is 38.3 Å². The number of aromatic nitrogens is 2. The number of piperazine rings is 1. The van der Waals surface area contributed by atoms with Gasteiger partial charge in [0.15, 0.2) is 0 Å². The molecule has 2 aliphatic rings. The number of ether oxygens (including phenoxy) is 1. The molecule has 6 heteroatoms. The van der Waals surface area contributed by atoms with Crippen LogP contribution in [0.5, 0.6) is 0 Å². The SMILES string of the molecule is C=C/C=C(\C=C/n1ccn(C(CC)C(C)C)c1=O)N1CCN(c2ccc(C3=CC3OC(C)(C)C(C)C)cc2)CC1. The molecule has 0 spiro atoms.